The molecule has 0 aliphatic carbocycles. The number of aliphatic hydroxyl groups excluding tert-OH is 2. The zero-order chi connectivity index (χ0) is 26.6. The molecule has 36 heavy (non-hydrogen) atoms. The van der Waals surface area contributed by atoms with Gasteiger partial charge >= 0.3 is 5.97 Å². The lowest BCUT2D eigenvalue weighted by atomic mass is 9.71. The van der Waals surface area contributed by atoms with E-state index in [1.54, 1.807) is 5.38 Å². The number of ether oxygens (including phenoxy) is 2. The zero-order valence-corrected chi connectivity index (χ0v) is 22.1. The molecule has 2 N–H and O–H groups in total. The quantitative estimate of drug-likeness (QED) is 0.352. The van der Waals surface area contributed by atoms with Gasteiger partial charge in [-0.25, -0.2) is 9.37 Å². The average molecular weight is 522 g/mol. The first kappa shape index (κ1) is 28.5. The molecule has 0 radical (unpaired) electrons. The number of rotatable bonds is 3. The Balaban J connectivity index is 1.85. The molecule has 7 nitrogen and oxygen atoms in total. The maximum absolute atomic E-state index is 15.2. The van der Waals surface area contributed by atoms with Gasteiger partial charge in [0.2, 0.25) is 0 Å². The smallest absolute Gasteiger partial charge is 0.309 e. The number of halogens is 1. The minimum atomic E-state index is -1.41. The third-order valence-electron chi connectivity index (χ3n) is 7.28. The highest BCUT2D eigenvalue weighted by Crippen LogP contribution is 2.37. The van der Waals surface area contributed by atoms with E-state index >= 15 is 4.39 Å². The van der Waals surface area contributed by atoms with Gasteiger partial charge in [-0.05, 0) is 31.8 Å². The Morgan fingerprint density at radius 2 is 2.06 bits per heavy atom. The van der Waals surface area contributed by atoms with Crippen molar-refractivity contribution in [1.29, 1.82) is 0 Å². The topological polar surface area (TPSA) is 109 Å². The van der Waals surface area contributed by atoms with Crippen molar-refractivity contribution in [2.75, 3.05) is 0 Å². The molecule has 3 rings (SSSR count). The first-order chi connectivity index (χ1) is 16.9. The number of carbonyl (C=O) groups is 2. The molecule has 1 aromatic heterocycles. The van der Waals surface area contributed by atoms with Crippen molar-refractivity contribution < 1.29 is 33.7 Å². The molecule has 0 saturated carbocycles. The number of ketones is 1. The van der Waals surface area contributed by atoms with E-state index in [0.29, 0.717) is 18.5 Å². The van der Waals surface area contributed by atoms with Crippen LogP contribution in [0.4, 0.5) is 4.39 Å². The molecule has 2 aliphatic rings. The summed E-state index contributed by atoms with van der Waals surface area (Å²) in [5, 5.41) is 24.3. The fraction of sp³-hybridized carbons (Fsp3) is 0.667. The van der Waals surface area contributed by atoms with E-state index in [2.05, 4.69) is 10.9 Å². The number of hydrogen-bond acceptors (Lipinski definition) is 8. The minimum Gasteiger partial charge on any atom is -0.455 e. The summed E-state index contributed by atoms with van der Waals surface area (Å²) < 4.78 is 26.4. The van der Waals surface area contributed by atoms with E-state index in [4.69, 9.17) is 15.9 Å². The van der Waals surface area contributed by atoms with Gasteiger partial charge in [-0.1, -0.05) is 27.2 Å². The summed E-state index contributed by atoms with van der Waals surface area (Å²) in [6.07, 6.45) is 4.55. The third kappa shape index (κ3) is 7.00. The van der Waals surface area contributed by atoms with Gasteiger partial charge in [0.25, 0.3) is 0 Å². The molecule has 3 heterocycles. The van der Waals surface area contributed by atoms with E-state index in [0.717, 1.165) is 11.4 Å². The second-order valence-electron chi connectivity index (χ2n) is 10.5. The van der Waals surface area contributed by atoms with Crippen LogP contribution in [0.15, 0.2) is 11.2 Å². The number of Topliss-reactive ketones (excluding diaryl/α,β-unsaturated/α-hetero) is 1. The van der Waals surface area contributed by atoms with Crippen molar-refractivity contribution in [2.45, 2.75) is 96.7 Å². The standard InChI is InChI=1S/C27H36FNO6S/c1-6-8-18-25(32)15(2)9-7-10-20-22(34-20)12-21(19(28)11-17-14-36-16(3)29-17)35-24(31)13-23(30)27(4,5)26(18)33/h1,11,14-15,18,20-23,25,30,32H,7-10,12-13H2,2-5H3/b19-11-/t15-,18+,20-,21-,22-,23+,25-/m0/s1. The van der Waals surface area contributed by atoms with Crippen LogP contribution in [0.5, 0.6) is 0 Å². The summed E-state index contributed by atoms with van der Waals surface area (Å²) in [5.74, 6) is -0.526. The maximum atomic E-state index is 15.2. The Labute approximate surface area is 216 Å². The third-order valence-corrected chi connectivity index (χ3v) is 8.08. The normalized spacial score (nSPS) is 34.4. The Kier molecular flexibility index (Phi) is 9.44. The lowest BCUT2D eigenvalue weighted by molar-refractivity contribution is -0.155. The van der Waals surface area contributed by atoms with Gasteiger partial charge in [0.05, 0.1) is 52.9 Å². The lowest BCUT2D eigenvalue weighted by Gasteiger charge is -2.35. The molecule has 2 aliphatic heterocycles. The van der Waals surface area contributed by atoms with E-state index in [1.165, 1.54) is 31.3 Å². The monoisotopic (exact) mass is 521 g/mol. The molecule has 0 spiro atoms. The first-order valence-electron chi connectivity index (χ1n) is 12.4. The number of aliphatic hydroxyl groups is 2. The van der Waals surface area contributed by atoms with Crippen LogP contribution in [0.3, 0.4) is 0 Å². The van der Waals surface area contributed by atoms with Crippen LogP contribution in [-0.2, 0) is 19.1 Å². The Hall–Kier alpha value is -2.12. The predicted octanol–water partition coefficient (Wildman–Crippen LogP) is 4.00. The van der Waals surface area contributed by atoms with Gasteiger partial charge in [-0.15, -0.1) is 23.7 Å². The van der Waals surface area contributed by atoms with E-state index in [-0.39, 0.29) is 31.0 Å². The lowest BCUT2D eigenvalue weighted by Crippen LogP contribution is -2.46. The van der Waals surface area contributed by atoms with E-state index in [9.17, 15) is 19.8 Å². The van der Waals surface area contributed by atoms with Crippen LogP contribution in [0, 0.1) is 36.5 Å². The number of fused-ring (bicyclic) bond motifs is 1. The number of carbonyl (C=O) groups excluding carboxylic acids is 2. The number of cyclic esters (lactones) is 1. The van der Waals surface area contributed by atoms with Crippen molar-refractivity contribution in [1.82, 2.24) is 4.98 Å². The van der Waals surface area contributed by atoms with Gasteiger partial charge in [0.1, 0.15) is 11.6 Å². The van der Waals surface area contributed by atoms with Gasteiger partial charge in [0.15, 0.2) is 6.10 Å². The summed E-state index contributed by atoms with van der Waals surface area (Å²) >= 11 is 1.38. The SMILES string of the molecule is C#CC[C@H]1C(=O)C(C)(C)[C@H](O)CC(=O)O[C@H](/C(F)=C/c2csc(C)n2)C[C@@H]2O[C@H]2CCC[C@H](C)[C@@H]1O. The molecule has 2 saturated heterocycles. The fourth-order valence-electron chi connectivity index (χ4n) is 4.71. The first-order valence-corrected chi connectivity index (χ1v) is 13.3. The number of hydrogen-bond donors (Lipinski definition) is 2. The minimum absolute atomic E-state index is 0.0208. The highest BCUT2D eigenvalue weighted by molar-refractivity contribution is 7.09. The number of aryl methyl sites for hydroxylation is 1. The van der Waals surface area contributed by atoms with Crippen molar-refractivity contribution in [3.8, 4) is 12.3 Å². The van der Waals surface area contributed by atoms with Crippen LogP contribution in [0.1, 0.15) is 70.0 Å². The molecule has 2 fully saturated rings. The molecule has 9 heteroatoms. The van der Waals surface area contributed by atoms with Gasteiger partial charge in [0, 0.05) is 18.2 Å². The predicted molar refractivity (Wildman–Crippen MR) is 134 cm³/mol. The van der Waals surface area contributed by atoms with Gasteiger partial charge in [-0.3, -0.25) is 9.59 Å². The van der Waals surface area contributed by atoms with Crippen molar-refractivity contribution >= 4 is 29.2 Å². The highest BCUT2D eigenvalue weighted by atomic mass is 32.1. The number of thiazole rings is 1. The van der Waals surface area contributed by atoms with Crippen LogP contribution < -0.4 is 0 Å². The molecule has 0 unspecified atom stereocenters. The van der Waals surface area contributed by atoms with Crippen LogP contribution in [0.25, 0.3) is 6.08 Å². The number of esters is 1. The molecular weight excluding hydrogens is 485 g/mol. The maximum Gasteiger partial charge on any atom is 0.309 e. The molecule has 198 valence electrons. The Morgan fingerprint density at radius 3 is 2.69 bits per heavy atom. The van der Waals surface area contributed by atoms with Gasteiger partial charge in [-0.2, -0.15) is 0 Å². The molecule has 0 aromatic carbocycles. The molecule has 1 aromatic rings. The van der Waals surface area contributed by atoms with Crippen LogP contribution in [0.2, 0.25) is 0 Å². The second kappa shape index (κ2) is 12.0. The van der Waals surface area contributed by atoms with Crippen molar-refractivity contribution in [2.24, 2.45) is 17.3 Å². The van der Waals surface area contributed by atoms with Crippen molar-refractivity contribution in [3.05, 3.63) is 21.9 Å². The van der Waals surface area contributed by atoms with Crippen molar-refractivity contribution in [3.63, 3.8) is 0 Å². The largest absolute Gasteiger partial charge is 0.455 e. The second-order valence-corrected chi connectivity index (χ2v) is 11.5. The summed E-state index contributed by atoms with van der Waals surface area (Å²) in [6.45, 7) is 6.71. The summed E-state index contributed by atoms with van der Waals surface area (Å²) in [5.41, 5.74) is -0.948. The molecule has 0 amide bonds. The average Bonchev–Trinajstić information content (AvgIpc) is 3.42. The Morgan fingerprint density at radius 1 is 1.33 bits per heavy atom. The number of terminal acetylenes is 1. The van der Waals surface area contributed by atoms with E-state index < -0.39 is 53.6 Å². The van der Waals surface area contributed by atoms with Crippen LogP contribution in [-0.4, -0.2) is 57.5 Å². The zero-order valence-electron chi connectivity index (χ0n) is 21.3. The summed E-state index contributed by atoms with van der Waals surface area (Å²) in [7, 11) is 0. The summed E-state index contributed by atoms with van der Waals surface area (Å²) in [4.78, 5) is 30.4. The number of epoxide rings is 1. The van der Waals surface area contributed by atoms with Gasteiger partial charge < -0.3 is 19.7 Å². The number of nitrogens with zero attached hydrogens (tertiary/aromatic N) is 1. The highest BCUT2D eigenvalue weighted by Gasteiger charge is 2.45. The molecular formula is C27H36FNO6S. The Bertz CT molecular complexity index is 1010. The summed E-state index contributed by atoms with van der Waals surface area (Å²) in [6, 6.07) is 0. The molecule has 7 atom stereocenters. The fourth-order valence-corrected chi connectivity index (χ4v) is 5.28. The van der Waals surface area contributed by atoms with Crippen LogP contribution >= 0.6 is 11.3 Å². The van der Waals surface area contributed by atoms with E-state index in [1.807, 2.05) is 13.8 Å². The number of aromatic nitrogens is 1. The molecule has 0 bridgehead atoms.